The van der Waals surface area contributed by atoms with Crippen molar-refractivity contribution in [1.82, 2.24) is 10.2 Å². The van der Waals surface area contributed by atoms with Crippen LogP contribution < -0.4 is 25.4 Å². The summed E-state index contributed by atoms with van der Waals surface area (Å²) in [6.07, 6.45) is 1.40. The van der Waals surface area contributed by atoms with E-state index in [9.17, 15) is 19.2 Å². The molecule has 0 aliphatic carbocycles. The number of urea groups is 1. The largest absolute Gasteiger partial charge is 0.493 e. The number of amides is 5. The molecule has 39 heavy (non-hydrogen) atoms. The van der Waals surface area contributed by atoms with Gasteiger partial charge in [-0.1, -0.05) is 41.9 Å². The first kappa shape index (κ1) is 27.2. The molecule has 0 aromatic heterocycles. The molecule has 4 rings (SSSR count). The van der Waals surface area contributed by atoms with Crippen molar-refractivity contribution in [1.29, 1.82) is 0 Å². The smallest absolute Gasteiger partial charge is 0.329 e. The lowest BCUT2D eigenvalue weighted by molar-refractivity contribution is -0.127. The number of nitrogens with one attached hydrogen (secondary N) is 3. The zero-order chi connectivity index (χ0) is 27.9. The first-order valence-corrected chi connectivity index (χ1v) is 12.2. The second kappa shape index (κ2) is 12.1. The van der Waals surface area contributed by atoms with Gasteiger partial charge in [-0.2, -0.15) is 0 Å². The maximum absolute atomic E-state index is 12.9. The van der Waals surface area contributed by atoms with Gasteiger partial charge in [0.15, 0.2) is 18.1 Å². The number of imide groups is 1. The summed E-state index contributed by atoms with van der Waals surface area (Å²) in [5.74, 6) is -1.23. The van der Waals surface area contributed by atoms with Gasteiger partial charge in [0.05, 0.1) is 12.1 Å². The molecule has 0 spiro atoms. The molecule has 0 atom stereocenters. The van der Waals surface area contributed by atoms with Gasteiger partial charge in [-0.15, -0.1) is 0 Å². The molecule has 1 aliphatic heterocycles. The lowest BCUT2D eigenvalue weighted by Gasteiger charge is -2.13. The Kier molecular flexibility index (Phi) is 8.47. The fourth-order valence-electron chi connectivity index (χ4n) is 3.77. The van der Waals surface area contributed by atoms with E-state index in [1.807, 2.05) is 19.1 Å². The second-order valence-electron chi connectivity index (χ2n) is 8.53. The molecule has 200 valence electrons. The normalized spacial score (nSPS) is 13.7. The highest BCUT2D eigenvalue weighted by Crippen LogP contribution is 2.37. The number of carbonyl (C=O) groups is 4. The molecule has 5 amide bonds. The molecule has 3 aromatic rings. The Morgan fingerprint density at radius 3 is 2.41 bits per heavy atom. The van der Waals surface area contributed by atoms with Crippen LogP contribution in [0.2, 0.25) is 5.02 Å². The van der Waals surface area contributed by atoms with E-state index in [1.54, 1.807) is 42.5 Å². The molecule has 1 heterocycles. The molecule has 1 saturated heterocycles. The van der Waals surface area contributed by atoms with Crippen molar-refractivity contribution in [2.75, 3.05) is 30.9 Å². The van der Waals surface area contributed by atoms with E-state index in [1.165, 1.54) is 25.3 Å². The highest BCUT2D eigenvalue weighted by Gasteiger charge is 2.35. The molecular weight excluding hydrogens is 524 g/mol. The zero-order valence-electron chi connectivity index (χ0n) is 21.1. The van der Waals surface area contributed by atoms with E-state index in [-0.39, 0.29) is 28.8 Å². The summed E-state index contributed by atoms with van der Waals surface area (Å²) in [6.45, 7) is 1.10. The van der Waals surface area contributed by atoms with Crippen molar-refractivity contribution >= 4 is 52.8 Å². The Balaban J connectivity index is 1.42. The molecular formula is C28H25ClN4O6. The predicted molar refractivity (Wildman–Crippen MR) is 147 cm³/mol. The van der Waals surface area contributed by atoms with Crippen LogP contribution in [0.4, 0.5) is 16.2 Å². The summed E-state index contributed by atoms with van der Waals surface area (Å²) in [5, 5.41) is 7.96. The Labute approximate surface area is 229 Å². The molecule has 0 unspecified atom stereocenters. The van der Waals surface area contributed by atoms with Crippen LogP contribution in [-0.4, -0.2) is 48.9 Å². The number of ether oxygens (including phenoxy) is 2. The number of methoxy groups -OCH3 is 1. The Morgan fingerprint density at radius 1 is 0.974 bits per heavy atom. The van der Waals surface area contributed by atoms with Crippen LogP contribution in [0.25, 0.3) is 6.08 Å². The standard InChI is InChI=1S/C28H25ClN4O6/c1-17-7-6-10-20(11-17)31-24(34)15-33-27(36)22(32-28(33)37)13-18-12-21(29)26(23(14-18)38-2)39-16-25(35)30-19-8-4-3-5-9-19/h3-14H,15-16H2,1-2H3,(H,30,35)(H,31,34)(H,32,37)/b22-13+. The Hall–Kier alpha value is -4.83. The third-order valence-electron chi connectivity index (χ3n) is 5.53. The minimum atomic E-state index is -0.729. The van der Waals surface area contributed by atoms with Crippen LogP contribution >= 0.6 is 11.6 Å². The summed E-state index contributed by atoms with van der Waals surface area (Å²) in [7, 11) is 1.40. The van der Waals surface area contributed by atoms with Gasteiger partial charge >= 0.3 is 6.03 Å². The zero-order valence-corrected chi connectivity index (χ0v) is 21.9. The number of carbonyl (C=O) groups excluding carboxylic acids is 4. The Bertz CT molecular complexity index is 1460. The highest BCUT2D eigenvalue weighted by atomic mass is 35.5. The number of hydrogen-bond acceptors (Lipinski definition) is 6. The fourth-order valence-corrected chi connectivity index (χ4v) is 4.04. The molecule has 0 saturated carbocycles. The lowest BCUT2D eigenvalue weighted by Crippen LogP contribution is -2.38. The van der Waals surface area contributed by atoms with Gasteiger partial charge in [-0.05, 0) is 60.5 Å². The summed E-state index contributed by atoms with van der Waals surface area (Å²) in [6, 6.07) is 18.4. The van der Waals surface area contributed by atoms with Crippen molar-refractivity contribution in [3.05, 3.63) is 88.6 Å². The van der Waals surface area contributed by atoms with Crippen molar-refractivity contribution in [2.45, 2.75) is 6.92 Å². The van der Waals surface area contributed by atoms with E-state index in [2.05, 4.69) is 16.0 Å². The quantitative estimate of drug-likeness (QED) is 0.272. The monoisotopic (exact) mass is 548 g/mol. The molecule has 3 N–H and O–H groups in total. The fraction of sp³-hybridized carbons (Fsp3) is 0.143. The Morgan fingerprint density at radius 2 is 1.69 bits per heavy atom. The predicted octanol–water partition coefficient (Wildman–Crippen LogP) is 4.21. The van der Waals surface area contributed by atoms with Crippen molar-refractivity contribution in [3.63, 3.8) is 0 Å². The molecule has 0 radical (unpaired) electrons. The topological polar surface area (TPSA) is 126 Å². The van der Waals surface area contributed by atoms with Gasteiger partial charge in [0, 0.05) is 11.4 Å². The number of halogens is 1. The molecule has 0 bridgehead atoms. The van der Waals surface area contributed by atoms with E-state index in [4.69, 9.17) is 21.1 Å². The number of para-hydroxylation sites is 1. The van der Waals surface area contributed by atoms with E-state index in [0.29, 0.717) is 16.9 Å². The molecule has 11 heteroatoms. The number of anilines is 2. The van der Waals surface area contributed by atoms with Crippen LogP contribution in [-0.2, 0) is 14.4 Å². The van der Waals surface area contributed by atoms with Crippen molar-refractivity contribution in [3.8, 4) is 11.5 Å². The molecule has 3 aromatic carbocycles. The van der Waals surface area contributed by atoms with Gasteiger partial charge < -0.3 is 25.4 Å². The summed E-state index contributed by atoms with van der Waals surface area (Å²) < 4.78 is 11.0. The molecule has 1 aliphatic rings. The van der Waals surface area contributed by atoms with Gasteiger partial charge in [0.2, 0.25) is 5.91 Å². The third-order valence-corrected chi connectivity index (χ3v) is 5.81. The third kappa shape index (κ3) is 6.93. The van der Waals surface area contributed by atoms with Crippen LogP contribution in [0.1, 0.15) is 11.1 Å². The average molecular weight is 549 g/mol. The van der Waals surface area contributed by atoms with Crippen LogP contribution in [0, 0.1) is 6.92 Å². The first-order chi connectivity index (χ1) is 18.7. The maximum atomic E-state index is 12.9. The van der Waals surface area contributed by atoms with Gasteiger partial charge in [0.1, 0.15) is 12.2 Å². The van der Waals surface area contributed by atoms with E-state index >= 15 is 0 Å². The van der Waals surface area contributed by atoms with Gasteiger partial charge in [0.25, 0.3) is 11.8 Å². The van der Waals surface area contributed by atoms with Gasteiger partial charge in [-0.3, -0.25) is 14.4 Å². The van der Waals surface area contributed by atoms with Gasteiger partial charge in [-0.25, -0.2) is 9.69 Å². The minimum absolute atomic E-state index is 0.0441. The van der Waals surface area contributed by atoms with E-state index in [0.717, 1.165) is 10.5 Å². The average Bonchev–Trinajstić information content (AvgIpc) is 3.15. The second-order valence-corrected chi connectivity index (χ2v) is 8.94. The van der Waals surface area contributed by atoms with Crippen LogP contribution in [0.5, 0.6) is 11.5 Å². The number of aryl methyl sites for hydroxylation is 1. The summed E-state index contributed by atoms with van der Waals surface area (Å²) in [5.41, 5.74) is 2.51. The molecule has 10 nitrogen and oxygen atoms in total. The number of nitrogens with zero attached hydrogens (tertiary/aromatic N) is 1. The number of hydrogen-bond donors (Lipinski definition) is 3. The minimum Gasteiger partial charge on any atom is -0.493 e. The van der Waals surface area contributed by atoms with Crippen molar-refractivity contribution in [2.24, 2.45) is 0 Å². The highest BCUT2D eigenvalue weighted by molar-refractivity contribution is 6.32. The summed E-state index contributed by atoms with van der Waals surface area (Å²) in [4.78, 5) is 50.8. The van der Waals surface area contributed by atoms with Crippen molar-refractivity contribution < 1.29 is 28.7 Å². The lowest BCUT2D eigenvalue weighted by atomic mass is 10.1. The van der Waals surface area contributed by atoms with E-state index < -0.39 is 30.3 Å². The maximum Gasteiger partial charge on any atom is 0.329 e. The van der Waals surface area contributed by atoms with Crippen LogP contribution in [0.15, 0.2) is 72.4 Å². The van der Waals surface area contributed by atoms with Crippen LogP contribution in [0.3, 0.4) is 0 Å². The summed E-state index contributed by atoms with van der Waals surface area (Å²) >= 11 is 6.39. The number of rotatable bonds is 9. The molecule has 1 fully saturated rings. The SMILES string of the molecule is COc1cc(/C=C2/NC(=O)N(CC(=O)Nc3cccc(C)c3)C2=O)cc(Cl)c1OCC(=O)Nc1ccccc1. The first-order valence-electron chi connectivity index (χ1n) is 11.8. The number of benzene rings is 3.